The van der Waals surface area contributed by atoms with Gasteiger partial charge in [-0.25, -0.2) is 4.98 Å². The highest BCUT2D eigenvalue weighted by atomic mass is 19.4. The van der Waals surface area contributed by atoms with Crippen molar-refractivity contribution in [1.82, 2.24) is 15.3 Å². The van der Waals surface area contributed by atoms with Crippen molar-refractivity contribution >= 4 is 22.9 Å². The summed E-state index contributed by atoms with van der Waals surface area (Å²) in [5, 5.41) is 20.7. The van der Waals surface area contributed by atoms with Crippen molar-refractivity contribution in [1.29, 1.82) is 0 Å². The number of aromatic nitrogens is 2. The second-order valence-corrected chi connectivity index (χ2v) is 5.73. The van der Waals surface area contributed by atoms with Gasteiger partial charge in [0.15, 0.2) is 0 Å². The highest BCUT2D eigenvalue weighted by molar-refractivity contribution is 6.08. The Balaban J connectivity index is 2.00. The second-order valence-electron chi connectivity index (χ2n) is 5.73. The molecule has 3 aromatic rings. The number of phenols is 1. The number of aromatic hydroxyl groups is 1. The van der Waals surface area contributed by atoms with E-state index in [0.717, 1.165) is 12.1 Å². The molecule has 0 unspecified atom stereocenters. The van der Waals surface area contributed by atoms with Crippen LogP contribution in [-0.2, 0) is 11.0 Å². The highest BCUT2D eigenvalue weighted by Crippen LogP contribution is 2.31. The predicted molar refractivity (Wildman–Crippen MR) is 91.6 cm³/mol. The Morgan fingerprint density at radius 1 is 1.07 bits per heavy atom. The van der Waals surface area contributed by atoms with Gasteiger partial charge in [0.1, 0.15) is 23.4 Å². The van der Waals surface area contributed by atoms with E-state index in [9.17, 15) is 27.9 Å². The summed E-state index contributed by atoms with van der Waals surface area (Å²) in [6.45, 7) is -0.647. The molecule has 144 valence electrons. The van der Waals surface area contributed by atoms with Gasteiger partial charge < -0.3 is 15.5 Å². The molecule has 1 amide bonds. The number of rotatable bonds is 4. The first kappa shape index (κ1) is 19.1. The summed E-state index contributed by atoms with van der Waals surface area (Å²) in [4.78, 5) is 31.1. The zero-order valence-electron chi connectivity index (χ0n) is 14.0. The summed E-state index contributed by atoms with van der Waals surface area (Å²) in [5.74, 6) is -2.52. The topological polar surface area (TPSA) is 112 Å². The fourth-order valence-corrected chi connectivity index (χ4v) is 2.51. The molecule has 0 aliphatic heterocycles. The number of alkyl halides is 3. The largest absolute Gasteiger partial charge is 0.507 e. The molecule has 0 aliphatic carbocycles. The number of hydrogen-bond donors (Lipinski definition) is 3. The summed E-state index contributed by atoms with van der Waals surface area (Å²) in [6, 6.07) is 6.92. The summed E-state index contributed by atoms with van der Waals surface area (Å²) >= 11 is 0. The zero-order valence-corrected chi connectivity index (χ0v) is 14.0. The van der Waals surface area contributed by atoms with E-state index in [1.165, 1.54) is 30.5 Å². The van der Waals surface area contributed by atoms with E-state index in [-0.39, 0.29) is 22.3 Å². The molecule has 0 saturated heterocycles. The van der Waals surface area contributed by atoms with Crippen LogP contribution in [0.2, 0.25) is 0 Å². The van der Waals surface area contributed by atoms with Crippen molar-refractivity contribution in [3.63, 3.8) is 0 Å². The molecule has 0 fully saturated rings. The molecule has 1 heterocycles. The molecule has 0 saturated carbocycles. The smallest absolute Gasteiger partial charge is 0.416 e. The number of nitrogens with one attached hydrogen (secondary N) is 1. The number of carboxylic acid groups (broad SMARTS) is 1. The van der Waals surface area contributed by atoms with Crippen LogP contribution in [0.15, 0.2) is 42.6 Å². The van der Waals surface area contributed by atoms with Gasteiger partial charge in [-0.05, 0) is 24.3 Å². The quantitative estimate of drug-likeness (QED) is 0.631. The summed E-state index contributed by atoms with van der Waals surface area (Å²) in [5.41, 5.74) is -0.164. The maximum absolute atomic E-state index is 12.7. The molecule has 10 heteroatoms. The molecule has 1 aromatic heterocycles. The fourth-order valence-electron chi connectivity index (χ4n) is 2.51. The number of halogens is 3. The molecule has 0 bridgehead atoms. The standard InChI is InChI=1S/C18H12F3N3O4/c19-18(20,21)10-3-1-9(2-4-10)12-7-22-16-11(24-12)5-6-13(25)15(16)17(28)23-8-14(26)27/h1-7,25H,8H2,(H,23,28)(H,26,27). The number of phenolic OH excluding ortho intramolecular Hbond substituents is 1. The van der Waals surface area contributed by atoms with Gasteiger partial charge >= 0.3 is 12.1 Å². The number of fused-ring (bicyclic) bond motifs is 1. The minimum atomic E-state index is -4.46. The van der Waals surface area contributed by atoms with Crippen molar-refractivity contribution in [3.8, 4) is 17.0 Å². The lowest BCUT2D eigenvalue weighted by atomic mass is 10.1. The molecule has 0 radical (unpaired) electrons. The summed E-state index contributed by atoms with van der Waals surface area (Å²) in [6.07, 6.45) is -3.21. The molecule has 0 spiro atoms. The van der Waals surface area contributed by atoms with Crippen LogP contribution < -0.4 is 5.32 Å². The van der Waals surface area contributed by atoms with Gasteiger partial charge in [-0.1, -0.05) is 12.1 Å². The number of carbonyl (C=O) groups is 2. The van der Waals surface area contributed by atoms with Gasteiger partial charge in [0.2, 0.25) is 0 Å². The van der Waals surface area contributed by atoms with Crippen LogP contribution in [-0.4, -0.2) is 38.6 Å². The van der Waals surface area contributed by atoms with Crippen molar-refractivity contribution in [2.45, 2.75) is 6.18 Å². The first-order chi connectivity index (χ1) is 13.2. The molecular formula is C18H12F3N3O4. The average Bonchev–Trinajstić information content (AvgIpc) is 2.65. The summed E-state index contributed by atoms with van der Waals surface area (Å²) < 4.78 is 38.0. The fraction of sp³-hybridized carbons (Fsp3) is 0.111. The monoisotopic (exact) mass is 391 g/mol. The van der Waals surface area contributed by atoms with Crippen LogP contribution in [0.4, 0.5) is 13.2 Å². The maximum atomic E-state index is 12.7. The normalized spacial score (nSPS) is 11.4. The molecular weight excluding hydrogens is 379 g/mol. The molecule has 0 aliphatic rings. The second kappa shape index (κ2) is 7.14. The number of aliphatic carboxylic acids is 1. The Hall–Kier alpha value is -3.69. The number of amides is 1. The van der Waals surface area contributed by atoms with E-state index in [1.54, 1.807) is 0 Å². The lowest BCUT2D eigenvalue weighted by molar-refractivity contribution is -0.137. The highest BCUT2D eigenvalue weighted by Gasteiger charge is 2.30. The Labute approximate surface area is 155 Å². The number of carboxylic acids is 1. The van der Waals surface area contributed by atoms with E-state index in [0.29, 0.717) is 5.56 Å². The third-order valence-corrected chi connectivity index (χ3v) is 3.83. The average molecular weight is 391 g/mol. The van der Waals surface area contributed by atoms with E-state index >= 15 is 0 Å². The van der Waals surface area contributed by atoms with Gasteiger partial charge in [-0.3, -0.25) is 14.6 Å². The SMILES string of the molecule is O=C(O)CNC(=O)c1c(O)ccc2nc(-c3ccc(C(F)(F)F)cc3)cnc12. The molecule has 28 heavy (non-hydrogen) atoms. The van der Waals surface area contributed by atoms with Crippen LogP contribution in [0.25, 0.3) is 22.3 Å². The number of hydrogen-bond acceptors (Lipinski definition) is 5. The van der Waals surface area contributed by atoms with Gasteiger partial charge in [-0.2, -0.15) is 13.2 Å². The number of carbonyl (C=O) groups excluding carboxylic acids is 1. The van der Waals surface area contributed by atoms with Gasteiger partial charge in [-0.15, -0.1) is 0 Å². The number of nitrogens with zero attached hydrogens (tertiary/aromatic N) is 2. The Bertz CT molecular complexity index is 1070. The van der Waals surface area contributed by atoms with Crippen LogP contribution in [0.3, 0.4) is 0 Å². The van der Waals surface area contributed by atoms with Crippen LogP contribution in [0.5, 0.6) is 5.75 Å². The molecule has 3 rings (SSSR count). The zero-order chi connectivity index (χ0) is 20.5. The van der Waals surface area contributed by atoms with E-state index < -0.39 is 35.9 Å². The van der Waals surface area contributed by atoms with Crippen LogP contribution >= 0.6 is 0 Å². The lowest BCUT2D eigenvalue weighted by Crippen LogP contribution is -2.29. The van der Waals surface area contributed by atoms with E-state index in [1.807, 2.05) is 0 Å². The first-order valence-corrected chi connectivity index (χ1v) is 7.83. The van der Waals surface area contributed by atoms with Crippen LogP contribution in [0, 0.1) is 0 Å². The lowest BCUT2D eigenvalue weighted by Gasteiger charge is -2.10. The molecule has 0 atom stereocenters. The Morgan fingerprint density at radius 2 is 1.75 bits per heavy atom. The summed E-state index contributed by atoms with van der Waals surface area (Å²) in [7, 11) is 0. The van der Waals surface area contributed by atoms with Crippen molar-refractivity contribution < 1.29 is 33.0 Å². The van der Waals surface area contributed by atoms with E-state index in [4.69, 9.17) is 5.11 Å². The Morgan fingerprint density at radius 3 is 2.36 bits per heavy atom. The third kappa shape index (κ3) is 3.85. The minimum Gasteiger partial charge on any atom is -0.507 e. The minimum absolute atomic E-state index is 0.0264. The predicted octanol–water partition coefficient (Wildman–Crippen LogP) is 2.84. The van der Waals surface area contributed by atoms with Crippen LogP contribution in [0.1, 0.15) is 15.9 Å². The molecule has 3 N–H and O–H groups in total. The number of benzene rings is 2. The van der Waals surface area contributed by atoms with E-state index in [2.05, 4.69) is 15.3 Å². The van der Waals surface area contributed by atoms with Crippen molar-refractivity contribution in [2.75, 3.05) is 6.54 Å². The van der Waals surface area contributed by atoms with Gasteiger partial charge in [0.25, 0.3) is 5.91 Å². The van der Waals surface area contributed by atoms with Crippen molar-refractivity contribution in [2.24, 2.45) is 0 Å². The Kier molecular flexibility index (Phi) is 4.87. The van der Waals surface area contributed by atoms with Crippen molar-refractivity contribution in [3.05, 3.63) is 53.7 Å². The molecule has 7 nitrogen and oxygen atoms in total. The first-order valence-electron chi connectivity index (χ1n) is 7.83. The maximum Gasteiger partial charge on any atom is 0.416 e. The third-order valence-electron chi connectivity index (χ3n) is 3.83. The van der Waals surface area contributed by atoms with Gasteiger partial charge in [0, 0.05) is 5.56 Å². The molecule has 2 aromatic carbocycles. The van der Waals surface area contributed by atoms with Gasteiger partial charge in [0.05, 0.1) is 23.0 Å².